The van der Waals surface area contributed by atoms with E-state index in [0.29, 0.717) is 11.3 Å². The van der Waals surface area contributed by atoms with Crippen molar-refractivity contribution in [1.82, 2.24) is 4.90 Å². The number of anilines is 1. The Bertz CT molecular complexity index is 793. The van der Waals surface area contributed by atoms with Gasteiger partial charge in [0.2, 0.25) is 5.91 Å². The lowest BCUT2D eigenvalue weighted by Gasteiger charge is -2.31. The molecule has 1 heterocycles. The highest BCUT2D eigenvalue weighted by Crippen LogP contribution is 2.22. The van der Waals surface area contributed by atoms with Crippen molar-refractivity contribution in [3.8, 4) is 0 Å². The van der Waals surface area contributed by atoms with Crippen LogP contribution in [0.3, 0.4) is 0 Å². The Hall–Kier alpha value is -2.66. The van der Waals surface area contributed by atoms with Crippen LogP contribution in [0.4, 0.5) is 5.69 Å². The maximum absolute atomic E-state index is 12.5. The molecule has 1 aliphatic heterocycles. The molecule has 5 heteroatoms. The van der Waals surface area contributed by atoms with Gasteiger partial charge < -0.3 is 10.1 Å². The maximum atomic E-state index is 12.5. The summed E-state index contributed by atoms with van der Waals surface area (Å²) in [5.74, 6) is -0.302. The number of carbonyl (C=O) groups is 2. The SMILES string of the molecule is COC(=O)c1ccc(NC(=O)C2CCN(Cc3ccccc3C)CC2)cc1. The quantitative estimate of drug-likeness (QED) is 0.821. The fourth-order valence-electron chi connectivity index (χ4n) is 3.43. The van der Waals surface area contributed by atoms with Crippen LogP contribution < -0.4 is 5.32 Å². The Morgan fingerprint density at radius 2 is 1.74 bits per heavy atom. The molecule has 0 radical (unpaired) electrons. The van der Waals surface area contributed by atoms with Crippen LogP contribution in [-0.2, 0) is 16.1 Å². The predicted octanol–water partition coefficient (Wildman–Crippen LogP) is 3.63. The number of hydrogen-bond donors (Lipinski definition) is 1. The van der Waals surface area contributed by atoms with Crippen LogP contribution in [0.15, 0.2) is 48.5 Å². The summed E-state index contributed by atoms with van der Waals surface area (Å²) in [6, 6.07) is 15.2. The van der Waals surface area contributed by atoms with E-state index in [2.05, 4.69) is 46.1 Å². The van der Waals surface area contributed by atoms with E-state index < -0.39 is 0 Å². The van der Waals surface area contributed by atoms with E-state index in [1.165, 1.54) is 18.2 Å². The van der Waals surface area contributed by atoms with Crippen LogP contribution in [-0.4, -0.2) is 37.0 Å². The number of amides is 1. The maximum Gasteiger partial charge on any atom is 0.337 e. The van der Waals surface area contributed by atoms with E-state index in [-0.39, 0.29) is 17.8 Å². The first-order valence-electron chi connectivity index (χ1n) is 9.33. The fourth-order valence-corrected chi connectivity index (χ4v) is 3.43. The van der Waals surface area contributed by atoms with Crippen molar-refractivity contribution in [2.24, 2.45) is 5.92 Å². The molecule has 0 spiro atoms. The molecule has 1 saturated heterocycles. The number of nitrogens with one attached hydrogen (secondary N) is 1. The van der Waals surface area contributed by atoms with Gasteiger partial charge in [-0.3, -0.25) is 9.69 Å². The summed E-state index contributed by atoms with van der Waals surface area (Å²) in [4.78, 5) is 26.4. The van der Waals surface area contributed by atoms with Crippen LogP contribution in [0.1, 0.15) is 34.3 Å². The number of benzene rings is 2. The molecular formula is C22H26N2O3. The highest BCUT2D eigenvalue weighted by Gasteiger charge is 2.25. The molecule has 1 aliphatic rings. The molecule has 0 aliphatic carbocycles. The molecule has 0 unspecified atom stereocenters. The van der Waals surface area contributed by atoms with E-state index in [0.717, 1.165) is 32.5 Å². The number of methoxy groups -OCH3 is 1. The molecule has 1 fully saturated rings. The Morgan fingerprint density at radius 1 is 1.07 bits per heavy atom. The van der Waals surface area contributed by atoms with Gasteiger partial charge in [0.15, 0.2) is 0 Å². The lowest BCUT2D eigenvalue weighted by molar-refractivity contribution is -0.121. The van der Waals surface area contributed by atoms with Crippen molar-refractivity contribution >= 4 is 17.6 Å². The smallest absolute Gasteiger partial charge is 0.337 e. The van der Waals surface area contributed by atoms with Gasteiger partial charge in [-0.1, -0.05) is 24.3 Å². The minimum absolute atomic E-state index is 0.0263. The van der Waals surface area contributed by atoms with Crippen LogP contribution in [0.25, 0.3) is 0 Å². The zero-order valence-corrected chi connectivity index (χ0v) is 15.9. The topological polar surface area (TPSA) is 58.6 Å². The molecule has 0 saturated carbocycles. The predicted molar refractivity (Wildman–Crippen MR) is 106 cm³/mol. The number of ether oxygens (including phenoxy) is 1. The minimum atomic E-state index is -0.381. The monoisotopic (exact) mass is 366 g/mol. The van der Waals surface area contributed by atoms with Crippen molar-refractivity contribution in [1.29, 1.82) is 0 Å². The van der Waals surface area contributed by atoms with Crippen molar-refractivity contribution in [3.63, 3.8) is 0 Å². The number of hydrogen-bond acceptors (Lipinski definition) is 4. The standard InChI is InChI=1S/C22H26N2O3/c1-16-5-3-4-6-19(16)15-24-13-11-17(12-14-24)21(25)23-20-9-7-18(8-10-20)22(26)27-2/h3-10,17H,11-15H2,1-2H3,(H,23,25). The largest absolute Gasteiger partial charge is 0.465 e. The van der Waals surface area contributed by atoms with E-state index in [1.54, 1.807) is 24.3 Å². The summed E-state index contributed by atoms with van der Waals surface area (Å²) >= 11 is 0. The van der Waals surface area contributed by atoms with Gasteiger partial charge in [-0.05, 0) is 68.2 Å². The van der Waals surface area contributed by atoms with Crippen LogP contribution in [0.2, 0.25) is 0 Å². The molecule has 2 aromatic carbocycles. The summed E-state index contributed by atoms with van der Waals surface area (Å²) < 4.78 is 4.68. The van der Waals surface area contributed by atoms with Crippen molar-refractivity contribution < 1.29 is 14.3 Å². The molecule has 0 aromatic heterocycles. The van der Waals surface area contributed by atoms with Gasteiger partial charge in [0, 0.05) is 18.2 Å². The van der Waals surface area contributed by atoms with Gasteiger partial charge in [-0.2, -0.15) is 0 Å². The van der Waals surface area contributed by atoms with E-state index >= 15 is 0 Å². The Labute approximate surface area is 160 Å². The van der Waals surface area contributed by atoms with Gasteiger partial charge in [0.25, 0.3) is 0 Å². The van der Waals surface area contributed by atoms with Crippen molar-refractivity contribution in [2.45, 2.75) is 26.3 Å². The highest BCUT2D eigenvalue weighted by atomic mass is 16.5. The molecular weight excluding hydrogens is 340 g/mol. The average Bonchev–Trinajstić information content (AvgIpc) is 2.70. The summed E-state index contributed by atoms with van der Waals surface area (Å²) in [5, 5.41) is 2.96. The molecule has 2 aromatic rings. The minimum Gasteiger partial charge on any atom is -0.465 e. The van der Waals surface area contributed by atoms with E-state index in [4.69, 9.17) is 0 Å². The second kappa shape index (κ2) is 8.82. The van der Waals surface area contributed by atoms with Crippen LogP contribution in [0, 0.1) is 12.8 Å². The number of likely N-dealkylation sites (tertiary alicyclic amines) is 1. The molecule has 142 valence electrons. The van der Waals surface area contributed by atoms with E-state index in [9.17, 15) is 9.59 Å². The molecule has 27 heavy (non-hydrogen) atoms. The number of esters is 1. The molecule has 1 N–H and O–H groups in total. The summed E-state index contributed by atoms with van der Waals surface area (Å²) in [7, 11) is 1.35. The van der Waals surface area contributed by atoms with Gasteiger partial charge in [-0.25, -0.2) is 4.79 Å². The molecule has 5 nitrogen and oxygen atoms in total. The molecule has 3 rings (SSSR count). The zero-order chi connectivity index (χ0) is 19.2. The van der Waals surface area contributed by atoms with Gasteiger partial charge in [0.1, 0.15) is 0 Å². The normalized spacial score (nSPS) is 15.3. The Balaban J connectivity index is 1.50. The number of rotatable bonds is 5. The molecule has 0 bridgehead atoms. The van der Waals surface area contributed by atoms with Crippen LogP contribution >= 0.6 is 0 Å². The second-order valence-corrected chi connectivity index (χ2v) is 7.04. The number of piperidine rings is 1. The molecule has 1 amide bonds. The summed E-state index contributed by atoms with van der Waals surface area (Å²) in [6.07, 6.45) is 1.72. The first-order valence-corrected chi connectivity index (χ1v) is 9.33. The summed E-state index contributed by atoms with van der Waals surface area (Å²) in [6.45, 7) is 4.93. The average molecular weight is 366 g/mol. The van der Waals surface area contributed by atoms with Crippen molar-refractivity contribution in [3.05, 3.63) is 65.2 Å². The third-order valence-electron chi connectivity index (χ3n) is 5.19. The summed E-state index contributed by atoms with van der Waals surface area (Å²) in [5.41, 5.74) is 3.84. The number of aryl methyl sites for hydroxylation is 1. The second-order valence-electron chi connectivity index (χ2n) is 7.04. The third kappa shape index (κ3) is 4.95. The first kappa shape index (κ1) is 19.1. The highest BCUT2D eigenvalue weighted by molar-refractivity contribution is 5.94. The van der Waals surface area contributed by atoms with Crippen LogP contribution in [0.5, 0.6) is 0 Å². The first-order chi connectivity index (χ1) is 13.1. The number of carbonyl (C=O) groups excluding carboxylic acids is 2. The third-order valence-corrected chi connectivity index (χ3v) is 5.19. The Kier molecular flexibility index (Phi) is 6.24. The number of nitrogens with zero attached hydrogens (tertiary/aromatic N) is 1. The van der Waals surface area contributed by atoms with Crippen molar-refractivity contribution in [2.75, 3.05) is 25.5 Å². The lowest BCUT2D eigenvalue weighted by Crippen LogP contribution is -2.37. The Morgan fingerprint density at radius 3 is 2.37 bits per heavy atom. The molecule has 0 atom stereocenters. The van der Waals surface area contributed by atoms with Gasteiger partial charge >= 0.3 is 5.97 Å². The fraction of sp³-hybridized carbons (Fsp3) is 0.364. The lowest BCUT2D eigenvalue weighted by atomic mass is 9.95. The van der Waals surface area contributed by atoms with Gasteiger partial charge in [0.05, 0.1) is 12.7 Å². The van der Waals surface area contributed by atoms with Gasteiger partial charge in [-0.15, -0.1) is 0 Å². The van der Waals surface area contributed by atoms with E-state index in [1.807, 2.05) is 0 Å². The zero-order valence-electron chi connectivity index (χ0n) is 15.9.